The molecule has 0 aliphatic carbocycles. The first kappa shape index (κ1) is 21.6. The summed E-state index contributed by atoms with van der Waals surface area (Å²) >= 11 is 0. The van der Waals surface area contributed by atoms with Crippen LogP contribution in [0.1, 0.15) is 30.9 Å². The number of para-hydroxylation sites is 2. The van der Waals surface area contributed by atoms with E-state index in [4.69, 9.17) is 0 Å². The number of amides is 1. The van der Waals surface area contributed by atoms with Gasteiger partial charge in [0, 0.05) is 5.69 Å². The Balaban J connectivity index is 1.96. The summed E-state index contributed by atoms with van der Waals surface area (Å²) < 4.78 is 28.0. The van der Waals surface area contributed by atoms with Crippen molar-refractivity contribution in [3.8, 4) is 0 Å². The summed E-state index contributed by atoms with van der Waals surface area (Å²) in [5, 5.41) is 2.89. The van der Waals surface area contributed by atoms with Crippen molar-refractivity contribution in [3.63, 3.8) is 0 Å². The quantitative estimate of drug-likeness (QED) is 0.586. The summed E-state index contributed by atoms with van der Waals surface area (Å²) in [5.74, 6) is -0.173. The van der Waals surface area contributed by atoms with Gasteiger partial charge in [0.05, 0.1) is 10.6 Å². The predicted molar refractivity (Wildman–Crippen MR) is 121 cm³/mol. The van der Waals surface area contributed by atoms with Crippen molar-refractivity contribution in [3.05, 3.63) is 90.0 Å². The smallest absolute Gasteiger partial charge is 0.264 e. The average Bonchev–Trinajstić information content (AvgIpc) is 2.73. The van der Waals surface area contributed by atoms with Crippen molar-refractivity contribution in [1.82, 2.24) is 0 Å². The Morgan fingerprint density at radius 2 is 1.50 bits per heavy atom. The van der Waals surface area contributed by atoms with Gasteiger partial charge in [0.25, 0.3) is 10.0 Å². The minimum Gasteiger partial charge on any atom is -0.324 e. The standard InChI is InChI=1S/C24H26N2O3S/c1-18(2)21-14-8-9-15-22(21)25-24(27)17-26(23-16-10-7-11-19(23)3)30(28,29)20-12-5-4-6-13-20/h4-16,18H,17H2,1-3H3,(H,25,27). The fourth-order valence-electron chi connectivity index (χ4n) is 3.30. The molecule has 0 heterocycles. The number of benzene rings is 3. The summed E-state index contributed by atoms with van der Waals surface area (Å²) in [6.07, 6.45) is 0. The molecule has 30 heavy (non-hydrogen) atoms. The molecule has 0 radical (unpaired) electrons. The summed E-state index contributed by atoms with van der Waals surface area (Å²) in [6, 6.07) is 22.9. The van der Waals surface area contributed by atoms with Crippen LogP contribution in [0, 0.1) is 6.92 Å². The molecule has 1 amide bonds. The van der Waals surface area contributed by atoms with Gasteiger partial charge in [-0.1, -0.05) is 68.4 Å². The third-order valence-corrected chi connectivity index (χ3v) is 6.63. The van der Waals surface area contributed by atoms with Gasteiger partial charge in [-0.2, -0.15) is 0 Å². The molecule has 0 aromatic heterocycles. The monoisotopic (exact) mass is 422 g/mol. The third-order valence-electron chi connectivity index (χ3n) is 4.86. The van der Waals surface area contributed by atoms with Gasteiger partial charge >= 0.3 is 0 Å². The zero-order valence-electron chi connectivity index (χ0n) is 17.4. The van der Waals surface area contributed by atoms with Crippen LogP contribution in [0.15, 0.2) is 83.8 Å². The zero-order valence-corrected chi connectivity index (χ0v) is 18.2. The molecular formula is C24H26N2O3S. The fourth-order valence-corrected chi connectivity index (χ4v) is 4.80. The van der Waals surface area contributed by atoms with E-state index in [-0.39, 0.29) is 17.4 Å². The van der Waals surface area contributed by atoms with Crippen LogP contribution in [-0.4, -0.2) is 20.9 Å². The van der Waals surface area contributed by atoms with Crippen molar-refractivity contribution in [2.45, 2.75) is 31.6 Å². The fraction of sp³-hybridized carbons (Fsp3) is 0.208. The molecule has 0 bridgehead atoms. The van der Waals surface area contributed by atoms with Gasteiger partial charge in [-0.05, 0) is 48.2 Å². The van der Waals surface area contributed by atoms with Crippen molar-refractivity contribution in [2.24, 2.45) is 0 Å². The largest absolute Gasteiger partial charge is 0.324 e. The average molecular weight is 423 g/mol. The topological polar surface area (TPSA) is 66.5 Å². The number of sulfonamides is 1. The van der Waals surface area contributed by atoms with Gasteiger partial charge < -0.3 is 5.32 Å². The molecule has 3 rings (SSSR count). The van der Waals surface area contributed by atoms with Crippen molar-refractivity contribution >= 4 is 27.3 Å². The van der Waals surface area contributed by atoms with Crippen molar-refractivity contribution < 1.29 is 13.2 Å². The molecule has 0 spiro atoms. The second kappa shape index (κ2) is 9.13. The highest BCUT2D eigenvalue weighted by Gasteiger charge is 2.28. The molecule has 0 saturated carbocycles. The number of nitrogens with one attached hydrogen (secondary N) is 1. The van der Waals surface area contributed by atoms with Crippen molar-refractivity contribution in [1.29, 1.82) is 0 Å². The minimum atomic E-state index is -3.92. The molecule has 0 atom stereocenters. The van der Waals surface area contributed by atoms with Crippen LogP contribution in [0.25, 0.3) is 0 Å². The van der Waals surface area contributed by atoms with Crippen LogP contribution in [0.3, 0.4) is 0 Å². The molecule has 156 valence electrons. The number of anilines is 2. The first-order chi connectivity index (χ1) is 14.3. The van der Waals surface area contributed by atoms with E-state index in [1.807, 2.05) is 57.2 Å². The molecule has 0 fully saturated rings. The first-order valence-electron chi connectivity index (χ1n) is 9.83. The number of nitrogens with zero attached hydrogens (tertiary/aromatic N) is 1. The normalized spacial score (nSPS) is 11.3. The Bertz CT molecular complexity index is 1130. The van der Waals surface area contributed by atoms with E-state index in [0.29, 0.717) is 11.4 Å². The molecule has 1 N–H and O–H groups in total. The highest BCUT2D eigenvalue weighted by atomic mass is 32.2. The maximum atomic E-state index is 13.4. The number of hydrogen-bond acceptors (Lipinski definition) is 3. The van der Waals surface area contributed by atoms with Gasteiger partial charge in [0.15, 0.2) is 0 Å². The minimum absolute atomic E-state index is 0.142. The summed E-state index contributed by atoms with van der Waals surface area (Å²) in [5.41, 5.74) is 2.94. The second-order valence-corrected chi connectivity index (χ2v) is 9.26. The second-order valence-electron chi connectivity index (χ2n) is 7.40. The van der Waals surface area contributed by atoms with Crippen LogP contribution < -0.4 is 9.62 Å². The molecule has 3 aromatic rings. The van der Waals surface area contributed by atoms with E-state index < -0.39 is 15.9 Å². The molecule has 3 aromatic carbocycles. The molecule has 0 aliphatic rings. The SMILES string of the molecule is Cc1ccccc1N(CC(=O)Nc1ccccc1C(C)C)S(=O)(=O)c1ccccc1. The number of aryl methyl sites for hydroxylation is 1. The van der Waals surface area contributed by atoms with E-state index >= 15 is 0 Å². The van der Waals surface area contributed by atoms with E-state index in [1.165, 1.54) is 16.4 Å². The number of hydrogen-bond donors (Lipinski definition) is 1. The summed E-state index contributed by atoms with van der Waals surface area (Å²) in [6.45, 7) is 5.60. The maximum absolute atomic E-state index is 13.4. The first-order valence-corrected chi connectivity index (χ1v) is 11.3. The van der Waals surface area contributed by atoms with E-state index in [2.05, 4.69) is 5.32 Å². The van der Waals surface area contributed by atoms with E-state index in [1.54, 1.807) is 30.3 Å². The number of carbonyl (C=O) groups excluding carboxylic acids is 1. The van der Waals surface area contributed by atoms with Gasteiger partial charge in [-0.25, -0.2) is 8.42 Å². The van der Waals surface area contributed by atoms with Crippen LogP contribution in [-0.2, 0) is 14.8 Å². The summed E-state index contributed by atoms with van der Waals surface area (Å²) in [7, 11) is -3.92. The van der Waals surface area contributed by atoms with E-state index in [0.717, 1.165) is 11.1 Å². The molecule has 0 saturated heterocycles. The van der Waals surface area contributed by atoms with Crippen LogP contribution in [0.4, 0.5) is 11.4 Å². The molecule has 0 unspecified atom stereocenters. The lowest BCUT2D eigenvalue weighted by Crippen LogP contribution is -2.38. The predicted octanol–water partition coefficient (Wildman–Crippen LogP) is 4.95. The van der Waals surface area contributed by atoms with Crippen LogP contribution in [0.2, 0.25) is 0 Å². The number of rotatable bonds is 7. The highest BCUT2D eigenvalue weighted by molar-refractivity contribution is 7.92. The van der Waals surface area contributed by atoms with Crippen molar-refractivity contribution in [2.75, 3.05) is 16.2 Å². The summed E-state index contributed by atoms with van der Waals surface area (Å²) in [4.78, 5) is 13.1. The van der Waals surface area contributed by atoms with Gasteiger partial charge in [-0.3, -0.25) is 9.10 Å². The Labute approximate surface area is 178 Å². The van der Waals surface area contributed by atoms with Gasteiger partial charge in [0.1, 0.15) is 6.54 Å². The zero-order chi connectivity index (χ0) is 21.7. The Morgan fingerprint density at radius 3 is 2.17 bits per heavy atom. The van der Waals surface area contributed by atoms with Crippen LogP contribution >= 0.6 is 0 Å². The lowest BCUT2D eigenvalue weighted by atomic mass is 10.0. The Kier molecular flexibility index (Phi) is 6.57. The van der Waals surface area contributed by atoms with Gasteiger partial charge in [-0.15, -0.1) is 0 Å². The van der Waals surface area contributed by atoms with Crippen LogP contribution in [0.5, 0.6) is 0 Å². The Morgan fingerprint density at radius 1 is 0.900 bits per heavy atom. The highest BCUT2D eigenvalue weighted by Crippen LogP contribution is 2.27. The Hall–Kier alpha value is -3.12. The molecule has 5 nitrogen and oxygen atoms in total. The lowest BCUT2D eigenvalue weighted by Gasteiger charge is -2.26. The third kappa shape index (κ3) is 4.71. The maximum Gasteiger partial charge on any atom is 0.264 e. The molecular weight excluding hydrogens is 396 g/mol. The number of carbonyl (C=O) groups is 1. The molecule has 0 aliphatic heterocycles. The van der Waals surface area contributed by atoms with Gasteiger partial charge in [0.2, 0.25) is 5.91 Å². The molecule has 6 heteroatoms. The van der Waals surface area contributed by atoms with E-state index in [9.17, 15) is 13.2 Å². The lowest BCUT2D eigenvalue weighted by molar-refractivity contribution is -0.114.